The largest absolute Gasteiger partial charge is 0.321 e. The highest BCUT2D eigenvalue weighted by Gasteiger charge is 2.34. The number of nitrogens with zero attached hydrogens (tertiary/aromatic N) is 2. The first kappa shape index (κ1) is 17.8. The molecule has 0 saturated heterocycles. The first-order valence-corrected chi connectivity index (χ1v) is 10.1. The molecule has 0 unspecified atom stereocenters. The van der Waals surface area contributed by atoms with Gasteiger partial charge >= 0.3 is 0 Å². The number of carbonyl (C=O) groups excluding carboxylic acids is 1. The second-order valence-electron chi connectivity index (χ2n) is 6.95. The molecule has 0 spiro atoms. The standard InChI is InChI=1S/C23H16F2N2OS/c24-17-11-16(12-18(25)13-17)22-20-7-3-9-26(20)19-6-2-1-5-15(19)14-27(22)23(28)21-8-4-10-29-21/h1-13,22H,14H2/t22-/m1/s1. The lowest BCUT2D eigenvalue weighted by Crippen LogP contribution is -2.34. The lowest BCUT2D eigenvalue weighted by Gasteiger charge is -2.30. The predicted molar refractivity (Wildman–Crippen MR) is 108 cm³/mol. The fraction of sp³-hybridized carbons (Fsp3) is 0.0870. The Balaban J connectivity index is 1.75. The Morgan fingerprint density at radius 3 is 2.52 bits per heavy atom. The average molecular weight is 406 g/mol. The minimum absolute atomic E-state index is 0.167. The number of halogens is 2. The summed E-state index contributed by atoms with van der Waals surface area (Å²) in [4.78, 5) is 15.7. The third-order valence-corrected chi connectivity index (χ3v) is 6.02. The first-order chi connectivity index (χ1) is 14.1. The van der Waals surface area contributed by atoms with Crippen molar-refractivity contribution in [3.8, 4) is 5.69 Å². The minimum atomic E-state index is -0.664. The molecule has 144 valence electrons. The van der Waals surface area contributed by atoms with Crippen molar-refractivity contribution < 1.29 is 13.6 Å². The van der Waals surface area contributed by atoms with Crippen LogP contribution in [0.5, 0.6) is 0 Å². The Morgan fingerprint density at radius 2 is 1.76 bits per heavy atom. The molecular formula is C23H16F2N2OS. The van der Waals surface area contributed by atoms with Gasteiger partial charge in [0.15, 0.2) is 0 Å². The molecule has 3 nitrogen and oxygen atoms in total. The number of fused-ring (bicyclic) bond motifs is 3. The van der Waals surface area contributed by atoms with E-state index in [1.807, 2.05) is 58.6 Å². The van der Waals surface area contributed by atoms with E-state index in [0.717, 1.165) is 23.0 Å². The van der Waals surface area contributed by atoms with Gasteiger partial charge in [0, 0.05) is 24.5 Å². The predicted octanol–water partition coefficient (Wildman–Crippen LogP) is 5.56. The number of rotatable bonds is 2. The zero-order valence-corrected chi connectivity index (χ0v) is 16.1. The zero-order chi connectivity index (χ0) is 20.0. The Bertz CT molecular complexity index is 1180. The maximum Gasteiger partial charge on any atom is 0.265 e. The van der Waals surface area contributed by atoms with E-state index in [9.17, 15) is 13.6 Å². The van der Waals surface area contributed by atoms with Crippen molar-refractivity contribution in [2.24, 2.45) is 0 Å². The van der Waals surface area contributed by atoms with Crippen LogP contribution in [0.25, 0.3) is 5.69 Å². The van der Waals surface area contributed by atoms with E-state index in [2.05, 4.69) is 0 Å². The molecule has 3 heterocycles. The summed E-state index contributed by atoms with van der Waals surface area (Å²) in [5.74, 6) is -1.49. The van der Waals surface area contributed by atoms with E-state index >= 15 is 0 Å². The average Bonchev–Trinajstić information content (AvgIpc) is 3.37. The van der Waals surface area contributed by atoms with E-state index in [1.54, 1.807) is 11.0 Å². The number of amides is 1. The summed E-state index contributed by atoms with van der Waals surface area (Å²) >= 11 is 1.35. The third kappa shape index (κ3) is 3.06. The van der Waals surface area contributed by atoms with Crippen molar-refractivity contribution in [3.05, 3.63) is 112 Å². The molecule has 0 N–H and O–H groups in total. The van der Waals surface area contributed by atoms with Crippen LogP contribution in [0.1, 0.15) is 32.5 Å². The quantitative estimate of drug-likeness (QED) is 0.428. The molecule has 0 fully saturated rings. The molecule has 2 aromatic heterocycles. The molecule has 1 atom stereocenters. The topological polar surface area (TPSA) is 25.2 Å². The van der Waals surface area contributed by atoms with Gasteiger partial charge in [-0.1, -0.05) is 24.3 Å². The molecule has 4 aromatic rings. The number of para-hydroxylation sites is 1. The number of hydrogen-bond donors (Lipinski definition) is 0. The van der Waals surface area contributed by atoms with Crippen LogP contribution in [0.4, 0.5) is 8.78 Å². The molecule has 1 amide bonds. The zero-order valence-electron chi connectivity index (χ0n) is 15.3. The van der Waals surface area contributed by atoms with Gasteiger partial charge in [-0.05, 0) is 52.9 Å². The fourth-order valence-electron chi connectivity index (χ4n) is 3.96. The van der Waals surface area contributed by atoms with Gasteiger partial charge in [0.25, 0.3) is 5.91 Å². The van der Waals surface area contributed by atoms with Crippen LogP contribution in [-0.2, 0) is 6.54 Å². The maximum atomic E-state index is 14.1. The molecule has 0 radical (unpaired) electrons. The van der Waals surface area contributed by atoms with E-state index in [-0.39, 0.29) is 5.91 Å². The molecule has 0 saturated carbocycles. The van der Waals surface area contributed by atoms with E-state index in [1.165, 1.54) is 23.5 Å². The number of hydrogen-bond acceptors (Lipinski definition) is 2. The minimum Gasteiger partial charge on any atom is -0.321 e. The number of aromatic nitrogens is 1. The molecule has 1 aliphatic rings. The molecule has 6 heteroatoms. The van der Waals surface area contributed by atoms with Gasteiger partial charge in [-0.15, -0.1) is 11.3 Å². The highest BCUT2D eigenvalue weighted by molar-refractivity contribution is 7.12. The molecule has 5 rings (SSSR count). The number of benzene rings is 2. The highest BCUT2D eigenvalue weighted by atomic mass is 32.1. The summed E-state index contributed by atoms with van der Waals surface area (Å²) in [7, 11) is 0. The van der Waals surface area contributed by atoms with Crippen LogP contribution in [0.15, 0.2) is 78.3 Å². The van der Waals surface area contributed by atoms with Crippen molar-refractivity contribution in [3.63, 3.8) is 0 Å². The summed E-state index contributed by atoms with van der Waals surface area (Å²) in [6.07, 6.45) is 1.91. The van der Waals surface area contributed by atoms with Crippen LogP contribution < -0.4 is 0 Å². The summed E-state index contributed by atoms with van der Waals surface area (Å²) in [5, 5.41) is 1.85. The van der Waals surface area contributed by atoms with Gasteiger partial charge in [0.1, 0.15) is 11.6 Å². The second kappa shape index (κ2) is 6.97. The van der Waals surface area contributed by atoms with Crippen molar-refractivity contribution in [2.75, 3.05) is 0 Å². The fourth-order valence-corrected chi connectivity index (χ4v) is 4.64. The Kier molecular flexibility index (Phi) is 4.28. The molecule has 1 aliphatic heterocycles. The van der Waals surface area contributed by atoms with Crippen molar-refractivity contribution >= 4 is 17.2 Å². The van der Waals surface area contributed by atoms with E-state index in [4.69, 9.17) is 0 Å². The Hall–Kier alpha value is -3.25. The number of carbonyl (C=O) groups is 1. The molecular weight excluding hydrogens is 390 g/mol. The second-order valence-corrected chi connectivity index (χ2v) is 7.90. The summed E-state index contributed by atoms with van der Waals surface area (Å²) in [6.45, 7) is 0.331. The summed E-state index contributed by atoms with van der Waals surface area (Å²) in [5.41, 5.74) is 3.11. The van der Waals surface area contributed by atoms with Crippen molar-refractivity contribution in [1.82, 2.24) is 9.47 Å². The van der Waals surface area contributed by atoms with Crippen LogP contribution in [-0.4, -0.2) is 15.4 Å². The van der Waals surface area contributed by atoms with Crippen LogP contribution >= 0.6 is 11.3 Å². The van der Waals surface area contributed by atoms with E-state index in [0.29, 0.717) is 17.0 Å². The van der Waals surface area contributed by atoms with Gasteiger partial charge in [-0.3, -0.25) is 4.79 Å². The van der Waals surface area contributed by atoms with Crippen LogP contribution in [0, 0.1) is 11.6 Å². The van der Waals surface area contributed by atoms with Gasteiger partial charge in [0.05, 0.1) is 16.6 Å². The highest BCUT2D eigenvalue weighted by Crippen LogP contribution is 2.38. The maximum absolute atomic E-state index is 14.1. The van der Waals surface area contributed by atoms with Crippen molar-refractivity contribution in [1.29, 1.82) is 0 Å². The Morgan fingerprint density at radius 1 is 0.966 bits per heavy atom. The normalized spacial score (nSPS) is 15.5. The SMILES string of the molecule is O=C(c1cccs1)N1Cc2ccccc2-n2cccc2[C@H]1c1cc(F)cc(F)c1. The van der Waals surface area contributed by atoms with Gasteiger partial charge in [0.2, 0.25) is 0 Å². The van der Waals surface area contributed by atoms with Crippen molar-refractivity contribution in [2.45, 2.75) is 12.6 Å². The smallest absolute Gasteiger partial charge is 0.265 e. The van der Waals surface area contributed by atoms with E-state index < -0.39 is 17.7 Å². The summed E-state index contributed by atoms with van der Waals surface area (Å²) < 4.78 is 30.2. The molecule has 29 heavy (non-hydrogen) atoms. The lowest BCUT2D eigenvalue weighted by molar-refractivity contribution is 0.0695. The summed E-state index contributed by atoms with van der Waals surface area (Å²) in [6, 6.07) is 18.0. The Labute approximate surface area is 170 Å². The molecule has 2 aromatic carbocycles. The van der Waals surface area contributed by atoms with Gasteiger partial charge in [-0.2, -0.15) is 0 Å². The van der Waals surface area contributed by atoms with Gasteiger partial charge < -0.3 is 9.47 Å². The first-order valence-electron chi connectivity index (χ1n) is 9.18. The van der Waals surface area contributed by atoms with Crippen LogP contribution in [0.2, 0.25) is 0 Å². The van der Waals surface area contributed by atoms with Crippen LogP contribution in [0.3, 0.4) is 0 Å². The molecule has 0 aliphatic carbocycles. The monoisotopic (exact) mass is 406 g/mol. The molecule has 0 bridgehead atoms. The van der Waals surface area contributed by atoms with Gasteiger partial charge in [-0.25, -0.2) is 8.78 Å². The third-order valence-electron chi connectivity index (χ3n) is 5.16. The number of thiophene rings is 1. The lowest BCUT2D eigenvalue weighted by atomic mass is 10.0.